The third kappa shape index (κ3) is 10.7. The molecule has 17 heavy (non-hydrogen) atoms. The molecule has 104 valence electrons. The fourth-order valence-electron chi connectivity index (χ4n) is 1.92. The number of hydrogen-bond acceptors (Lipinski definition) is 3. The predicted molar refractivity (Wildman–Crippen MR) is 77.6 cm³/mol. The largest absolute Gasteiger partial charge is 0.320 e. The molecular weight excluding hydrogens is 210 g/mol. The Morgan fingerprint density at radius 3 is 2.06 bits per heavy atom. The molecule has 0 atom stereocenters. The highest BCUT2D eigenvalue weighted by molar-refractivity contribution is 4.64. The molecule has 0 fully saturated rings. The molecule has 0 radical (unpaired) electrons. The zero-order chi connectivity index (χ0) is 13.1. The van der Waals surface area contributed by atoms with Crippen molar-refractivity contribution >= 4 is 0 Å². The van der Waals surface area contributed by atoms with Gasteiger partial charge in [0.1, 0.15) is 0 Å². The van der Waals surface area contributed by atoms with Crippen LogP contribution < -0.4 is 10.6 Å². The summed E-state index contributed by atoms with van der Waals surface area (Å²) in [5.41, 5.74) is 0. The van der Waals surface area contributed by atoms with Crippen molar-refractivity contribution in [3.63, 3.8) is 0 Å². The van der Waals surface area contributed by atoms with Crippen molar-refractivity contribution in [2.45, 2.75) is 59.0 Å². The SMILES string of the molecule is CNCCCN(CCCCNC(C)C)C(C)C. The Labute approximate surface area is 108 Å². The summed E-state index contributed by atoms with van der Waals surface area (Å²) < 4.78 is 0. The molecule has 0 saturated carbocycles. The maximum Gasteiger partial charge on any atom is 0.00385 e. The van der Waals surface area contributed by atoms with E-state index in [0.717, 1.165) is 13.1 Å². The molecule has 0 heterocycles. The van der Waals surface area contributed by atoms with Crippen molar-refractivity contribution in [1.29, 1.82) is 0 Å². The zero-order valence-corrected chi connectivity index (χ0v) is 12.6. The average molecular weight is 243 g/mol. The van der Waals surface area contributed by atoms with Gasteiger partial charge in [0.2, 0.25) is 0 Å². The fraction of sp³-hybridized carbons (Fsp3) is 1.00. The average Bonchev–Trinajstić information content (AvgIpc) is 2.25. The molecule has 2 N–H and O–H groups in total. The number of unbranched alkanes of at least 4 members (excludes halogenated alkanes) is 1. The molecule has 0 rings (SSSR count). The summed E-state index contributed by atoms with van der Waals surface area (Å²) in [5, 5.41) is 6.69. The van der Waals surface area contributed by atoms with Gasteiger partial charge >= 0.3 is 0 Å². The van der Waals surface area contributed by atoms with E-state index < -0.39 is 0 Å². The second-order valence-corrected chi connectivity index (χ2v) is 5.40. The van der Waals surface area contributed by atoms with Crippen molar-refractivity contribution < 1.29 is 0 Å². The molecule has 0 aliphatic heterocycles. The Hall–Kier alpha value is -0.120. The van der Waals surface area contributed by atoms with Crippen LogP contribution in [0.25, 0.3) is 0 Å². The predicted octanol–water partition coefficient (Wildman–Crippen LogP) is 2.08. The summed E-state index contributed by atoms with van der Waals surface area (Å²) in [7, 11) is 2.03. The van der Waals surface area contributed by atoms with Gasteiger partial charge in [0.15, 0.2) is 0 Å². The molecule has 0 bridgehead atoms. The molecule has 0 amide bonds. The van der Waals surface area contributed by atoms with Crippen molar-refractivity contribution in [1.82, 2.24) is 15.5 Å². The molecule has 0 aliphatic carbocycles. The first-order valence-electron chi connectivity index (χ1n) is 7.20. The quantitative estimate of drug-likeness (QED) is 0.544. The van der Waals surface area contributed by atoms with Gasteiger partial charge in [-0.2, -0.15) is 0 Å². The lowest BCUT2D eigenvalue weighted by Gasteiger charge is -2.26. The van der Waals surface area contributed by atoms with Gasteiger partial charge in [-0.15, -0.1) is 0 Å². The van der Waals surface area contributed by atoms with Crippen LogP contribution in [0.4, 0.5) is 0 Å². The summed E-state index contributed by atoms with van der Waals surface area (Å²) in [5.74, 6) is 0. The second-order valence-electron chi connectivity index (χ2n) is 5.40. The standard InChI is InChI=1S/C14H33N3/c1-13(2)16-10-6-7-11-17(14(3)4)12-8-9-15-5/h13-16H,6-12H2,1-5H3. The van der Waals surface area contributed by atoms with Crippen molar-refractivity contribution in [3.8, 4) is 0 Å². The summed E-state index contributed by atoms with van der Waals surface area (Å²) in [6.07, 6.45) is 3.84. The Kier molecular flexibility index (Phi) is 10.9. The lowest BCUT2D eigenvalue weighted by atomic mass is 10.2. The summed E-state index contributed by atoms with van der Waals surface area (Å²) in [6, 6.07) is 1.29. The molecule has 0 aromatic heterocycles. The van der Waals surface area contributed by atoms with Crippen LogP contribution in [-0.2, 0) is 0 Å². The van der Waals surface area contributed by atoms with Gasteiger partial charge in [0.25, 0.3) is 0 Å². The third-order valence-electron chi connectivity index (χ3n) is 3.03. The van der Waals surface area contributed by atoms with E-state index >= 15 is 0 Å². The van der Waals surface area contributed by atoms with Crippen LogP contribution in [0.3, 0.4) is 0 Å². The molecule has 0 aromatic carbocycles. The molecule has 3 heteroatoms. The molecule has 0 aliphatic rings. The van der Waals surface area contributed by atoms with E-state index in [9.17, 15) is 0 Å². The first-order valence-corrected chi connectivity index (χ1v) is 7.20. The highest BCUT2D eigenvalue weighted by Gasteiger charge is 2.07. The lowest BCUT2D eigenvalue weighted by Crippen LogP contribution is -2.34. The molecule has 0 spiro atoms. The van der Waals surface area contributed by atoms with Crippen LogP contribution in [0.5, 0.6) is 0 Å². The zero-order valence-electron chi connectivity index (χ0n) is 12.6. The van der Waals surface area contributed by atoms with Crippen LogP contribution in [-0.4, -0.2) is 50.2 Å². The maximum absolute atomic E-state index is 3.47. The Bertz CT molecular complexity index is 158. The van der Waals surface area contributed by atoms with Crippen LogP contribution in [0, 0.1) is 0 Å². The van der Waals surface area contributed by atoms with Crippen LogP contribution in [0.15, 0.2) is 0 Å². The van der Waals surface area contributed by atoms with Gasteiger partial charge in [-0.3, -0.25) is 0 Å². The molecule has 3 nitrogen and oxygen atoms in total. The van der Waals surface area contributed by atoms with E-state index in [2.05, 4.69) is 43.2 Å². The van der Waals surface area contributed by atoms with Crippen LogP contribution >= 0.6 is 0 Å². The lowest BCUT2D eigenvalue weighted by molar-refractivity contribution is 0.214. The monoisotopic (exact) mass is 243 g/mol. The molecular formula is C14H33N3. The van der Waals surface area contributed by atoms with E-state index in [1.165, 1.54) is 32.4 Å². The second kappa shape index (κ2) is 11.0. The van der Waals surface area contributed by atoms with E-state index in [-0.39, 0.29) is 0 Å². The summed E-state index contributed by atoms with van der Waals surface area (Å²) in [4.78, 5) is 2.59. The number of rotatable bonds is 11. The smallest absolute Gasteiger partial charge is 0.00385 e. The Balaban J connectivity index is 3.56. The normalized spacial score (nSPS) is 12.0. The van der Waals surface area contributed by atoms with Gasteiger partial charge in [0.05, 0.1) is 0 Å². The molecule has 0 unspecified atom stereocenters. The van der Waals surface area contributed by atoms with Gasteiger partial charge < -0.3 is 15.5 Å². The minimum Gasteiger partial charge on any atom is -0.320 e. The van der Waals surface area contributed by atoms with Gasteiger partial charge in [0, 0.05) is 12.1 Å². The number of nitrogens with one attached hydrogen (secondary N) is 2. The topological polar surface area (TPSA) is 27.3 Å². The van der Waals surface area contributed by atoms with Gasteiger partial charge in [-0.1, -0.05) is 13.8 Å². The number of hydrogen-bond donors (Lipinski definition) is 2. The van der Waals surface area contributed by atoms with Crippen molar-refractivity contribution in [3.05, 3.63) is 0 Å². The van der Waals surface area contributed by atoms with E-state index in [1.54, 1.807) is 0 Å². The highest BCUT2D eigenvalue weighted by Crippen LogP contribution is 2.02. The maximum atomic E-state index is 3.47. The van der Waals surface area contributed by atoms with Gasteiger partial charge in [-0.05, 0) is 66.3 Å². The minimum absolute atomic E-state index is 0.617. The van der Waals surface area contributed by atoms with E-state index in [4.69, 9.17) is 0 Å². The Morgan fingerprint density at radius 2 is 1.53 bits per heavy atom. The molecule has 0 saturated heterocycles. The first-order chi connectivity index (χ1) is 8.07. The van der Waals surface area contributed by atoms with Gasteiger partial charge in [-0.25, -0.2) is 0 Å². The summed E-state index contributed by atoms with van der Waals surface area (Å²) in [6.45, 7) is 13.7. The summed E-state index contributed by atoms with van der Waals surface area (Å²) >= 11 is 0. The van der Waals surface area contributed by atoms with E-state index in [1.807, 2.05) is 7.05 Å². The van der Waals surface area contributed by atoms with Crippen molar-refractivity contribution in [2.24, 2.45) is 0 Å². The Morgan fingerprint density at radius 1 is 0.882 bits per heavy atom. The fourth-order valence-corrected chi connectivity index (χ4v) is 1.92. The van der Waals surface area contributed by atoms with Crippen molar-refractivity contribution in [2.75, 3.05) is 33.2 Å². The van der Waals surface area contributed by atoms with Crippen LogP contribution in [0.2, 0.25) is 0 Å². The van der Waals surface area contributed by atoms with Crippen LogP contribution in [0.1, 0.15) is 47.0 Å². The highest BCUT2D eigenvalue weighted by atomic mass is 15.1. The number of nitrogens with zero attached hydrogens (tertiary/aromatic N) is 1. The third-order valence-corrected chi connectivity index (χ3v) is 3.03. The minimum atomic E-state index is 0.617. The molecule has 0 aromatic rings. The first kappa shape index (κ1) is 16.9. The van der Waals surface area contributed by atoms with E-state index in [0.29, 0.717) is 12.1 Å².